The van der Waals surface area contributed by atoms with E-state index in [1.165, 1.54) is 6.42 Å². The molecule has 0 unspecified atom stereocenters. The van der Waals surface area contributed by atoms with Gasteiger partial charge in [-0.2, -0.15) is 0 Å². The maximum atomic E-state index is 12.8. The van der Waals surface area contributed by atoms with Crippen LogP contribution in [0.3, 0.4) is 0 Å². The topological polar surface area (TPSA) is 17.1 Å². The van der Waals surface area contributed by atoms with Crippen molar-refractivity contribution < 1.29 is 4.79 Å². The molecule has 3 fully saturated rings. The van der Waals surface area contributed by atoms with Crippen LogP contribution in [0.4, 0.5) is 0 Å². The number of hydrogen-bond donors (Lipinski definition) is 0. The van der Waals surface area contributed by atoms with Gasteiger partial charge >= 0.3 is 0 Å². The summed E-state index contributed by atoms with van der Waals surface area (Å²) in [6.45, 7) is 14.3. The van der Waals surface area contributed by atoms with Gasteiger partial charge in [-0.15, -0.1) is 11.6 Å². The predicted octanol–water partition coefficient (Wildman–Crippen LogP) is 4.72. The molecule has 3 aliphatic rings. The van der Waals surface area contributed by atoms with Crippen LogP contribution in [0.5, 0.6) is 0 Å². The van der Waals surface area contributed by atoms with Crippen LogP contribution in [0.15, 0.2) is 0 Å². The third kappa shape index (κ3) is 1.31. The third-order valence-electron chi connectivity index (χ3n) is 7.36. The highest BCUT2D eigenvalue weighted by Gasteiger charge is 2.79. The first-order valence-electron chi connectivity index (χ1n) is 7.70. The summed E-state index contributed by atoms with van der Waals surface area (Å²) in [6, 6.07) is 0. The molecule has 0 saturated heterocycles. The zero-order chi connectivity index (χ0) is 14.4. The Balaban J connectivity index is 2.16. The number of halogens is 1. The highest BCUT2D eigenvalue weighted by atomic mass is 35.5. The fourth-order valence-electron chi connectivity index (χ4n) is 5.83. The largest absolute Gasteiger partial charge is 0.298 e. The van der Waals surface area contributed by atoms with E-state index in [0.29, 0.717) is 23.2 Å². The van der Waals surface area contributed by atoms with E-state index in [1.54, 1.807) is 0 Å². The van der Waals surface area contributed by atoms with Crippen molar-refractivity contribution in [3.8, 4) is 0 Å². The van der Waals surface area contributed by atoms with Gasteiger partial charge < -0.3 is 0 Å². The zero-order valence-corrected chi connectivity index (χ0v) is 14.9. The Labute approximate surface area is 123 Å². The molecule has 0 aromatic rings. The van der Waals surface area contributed by atoms with Crippen LogP contribution in [-0.2, 0) is 4.79 Å². The summed E-state index contributed by atoms with van der Waals surface area (Å²) in [5, 5.41) is 0. The van der Waals surface area contributed by atoms with Gasteiger partial charge in [0.15, 0.2) is 5.78 Å². The maximum absolute atomic E-state index is 12.8. The van der Waals surface area contributed by atoms with Crippen molar-refractivity contribution in [2.24, 2.45) is 22.7 Å². The first-order chi connectivity index (χ1) is 8.48. The minimum atomic E-state index is -1.34. The zero-order valence-electron chi connectivity index (χ0n) is 13.1. The average molecular weight is 299 g/mol. The number of rotatable bonds is 1. The molecule has 5 atom stereocenters. The van der Waals surface area contributed by atoms with E-state index < -0.39 is 12.9 Å². The van der Waals surface area contributed by atoms with Gasteiger partial charge in [0.25, 0.3) is 0 Å². The molecule has 3 rings (SSSR count). The van der Waals surface area contributed by atoms with Gasteiger partial charge in [-0.1, -0.05) is 40.4 Å². The third-order valence-corrected chi connectivity index (χ3v) is 11.0. The second-order valence-corrected chi connectivity index (χ2v) is 15.1. The van der Waals surface area contributed by atoms with Crippen molar-refractivity contribution >= 4 is 25.5 Å². The van der Waals surface area contributed by atoms with Gasteiger partial charge in [-0.3, -0.25) is 4.79 Å². The van der Waals surface area contributed by atoms with Crippen molar-refractivity contribution in [2.75, 3.05) is 0 Å². The summed E-state index contributed by atoms with van der Waals surface area (Å²) in [6.07, 6.45) is 3.16. The first kappa shape index (κ1) is 14.1. The maximum Gasteiger partial charge on any atom is 0.154 e. The number of alkyl halides is 1. The number of carbonyl (C=O) groups excluding carboxylic acids is 1. The molecule has 0 amide bonds. The summed E-state index contributed by atoms with van der Waals surface area (Å²) in [5.74, 6) is 1.46. The van der Waals surface area contributed by atoms with Crippen molar-refractivity contribution in [3.05, 3.63) is 0 Å². The van der Waals surface area contributed by atoms with Gasteiger partial charge in [0.2, 0.25) is 0 Å². The van der Waals surface area contributed by atoms with Gasteiger partial charge in [-0.05, 0) is 41.0 Å². The van der Waals surface area contributed by atoms with Gasteiger partial charge in [-0.25, -0.2) is 0 Å². The predicted molar refractivity (Wildman–Crippen MR) is 83.4 cm³/mol. The Morgan fingerprint density at radius 3 is 2.32 bits per heavy atom. The van der Waals surface area contributed by atoms with Crippen LogP contribution < -0.4 is 0 Å². The Kier molecular flexibility index (Phi) is 2.60. The monoisotopic (exact) mass is 298 g/mol. The molecule has 3 saturated carbocycles. The number of Topliss-reactive ketones (excluding diaryl/α,β-unsaturated/α-hetero) is 1. The Morgan fingerprint density at radius 1 is 1.21 bits per heavy atom. The van der Waals surface area contributed by atoms with Crippen LogP contribution in [0.2, 0.25) is 25.2 Å². The summed E-state index contributed by atoms with van der Waals surface area (Å²) in [5.41, 5.74) is 0.805. The normalized spacial score (nSPS) is 51.7. The second kappa shape index (κ2) is 3.49. The van der Waals surface area contributed by atoms with E-state index in [0.717, 1.165) is 12.8 Å². The van der Waals surface area contributed by atoms with Crippen LogP contribution in [0.1, 0.15) is 40.0 Å². The fourth-order valence-corrected chi connectivity index (χ4v) is 9.01. The SMILES string of the molecule is CC1(C)[C@@H]2CC[C@@]1(C)[C@]1(Cl)C(=O)C[C@@H]([Si](C)(C)C)[C@H]21. The minimum absolute atomic E-state index is 0.00235. The van der Waals surface area contributed by atoms with E-state index in [2.05, 4.69) is 40.4 Å². The van der Waals surface area contributed by atoms with Crippen molar-refractivity contribution in [1.82, 2.24) is 0 Å². The van der Waals surface area contributed by atoms with E-state index >= 15 is 0 Å². The number of ketones is 1. The smallest absolute Gasteiger partial charge is 0.154 e. The molecule has 0 spiro atoms. The lowest BCUT2D eigenvalue weighted by Crippen LogP contribution is -2.49. The summed E-state index contributed by atoms with van der Waals surface area (Å²) in [7, 11) is -1.34. The number of fused-ring (bicyclic) bond motifs is 5. The van der Waals surface area contributed by atoms with Crippen LogP contribution >= 0.6 is 11.6 Å². The molecule has 0 N–H and O–H groups in total. The Bertz CT molecular complexity index is 452. The lowest BCUT2D eigenvalue weighted by Gasteiger charge is -2.44. The molecule has 3 heteroatoms. The van der Waals surface area contributed by atoms with Gasteiger partial charge in [0.05, 0.1) is 0 Å². The van der Waals surface area contributed by atoms with Crippen LogP contribution in [-0.4, -0.2) is 18.7 Å². The van der Waals surface area contributed by atoms with E-state index in [1.807, 2.05) is 0 Å². The molecule has 3 aliphatic carbocycles. The Hall–Kier alpha value is 0.177. The molecular weight excluding hydrogens is 272 g/mol. The molecular formula is C16H27ClOSi. The van der Waals surface area contributed by atoms with Crippen LogP contribution in [0.25, 0.3) is 0 Å². The molecule has 2 bridgehead atoms. The molecule has 0 heterocycles. The van der Waals surface area contributed by atoms with Gasteiger partial charge in [0.1, 0.15) is 4.87 Å². The minimum Gasteiger partial charge on any atom is -0.298 e. The number of carbonyl (C=O) groups is 1. The molecule has 0 aromatic heterocycles. The summed E-state index contributed by atoms with van der Waals surface area (Å²) in [4.78, 5) is 12.3. The van der Waals surface area contributed by atoms with Crippen molar-refractivity contribution in [1.29, 1.82) is 0 Å². The molecule has 0 aromatic carbocycles. The first-order valence-corrected chi connectivity index (χ1v) is 11.7. The summed E-state index contributed by atoms with van der Waals surface area (Å²) >= 11 is 7.11. The van der Waals surface area contributed by atoms with Crippen molar-refractivity contribution in [2.45, 2.75) is 70.1 Å². The molecule has 0 radical (unpaired) electrons. The highest BCUT2D eigenvalue weighted by molar-refractivity contribution is 6.78. The molecule has 0 aliphatic heterocycles. The molecule has 108 valence electrons. The average Bonchev–Trinajstić information content (AvgIpc) is 2.70. The lowest BCUT2D eigenvalue weighted by molar-refractivity contribution is -0.123. The van der Waals surface area contributed by atoms with Crippen molar-refractivity contribution in [3.63, 3.8) is 0 Å². The van der Waals surface area contributed by atoms with Gasteiger partial charge in [0, 0.05) is 14.5 Å². The second-order valence-electron chi connectivity index (χ2n) is 9.04. The quantitative estimate of drug-likeness (QED) is 0.506. The van der Waals surface area contributed by atoms with E-state index in [-0.39, 0.29) is 10.8 Å². The highest BCUT2D eigenvalue weighted by Crippen LogP contribution is 2.79. The number of hydrogen-bond acceptors (Lipinski definition) is 1. The standard InChI is InChI=1S/C16H27ClOSi/c1-14(2)10-7-8-15(14,3)16(17)12(18)9-11(13(10)16)19(4,5)6/h10-11,13H,7-9H2,1-6H3/t10-,11-,13+,15-,16+/m1/s1. The van der Waals surface area contributed by atoms with E-state index in [9.17, 15) is 4.79 Å². The fraction of sp³-hybridized carbons (Fsp3) is 0.938. The Morgan fingerprint density at radius 2 is 1.79 bits per heavy atom. The van der Waals surface area contributed by atoms with E-state index in [4.69, 9.17) is 11.6 Å². The van der Waals surface area contributed by atoms with Crippen LogP contribution in [0, 0.1) is 22.7 Å². The lowest BCUT2D eigenvalue weighted by atomic mass is 9.65. The molecule has 19 heavy (non-hydrogen) atoms. The summed E-state index contributed by atoms with van der Waals surface area (Å²) < 4.78 is 0. The molecule has 1 nitrogen and oxygen atoms in total.